The Balaban J connectivity index is 2.22. The molecule has 3 rings (SSSR count). The van der Waals surface area contributed by atoms with Crippen LogP contribution in [-0.4, -0.2) is 23.3 Å². The molecule has 0 bridgehead atoms. The van der Waals surface area contributed by atoms with Gasteiger partial charge in [-0.2, -0.15) is 0 Å². The van der Waals surface area contributed by atoms with Gasteiger partial charge in [-0.15, -0.1) is 0 Å². The van der Waals surface area contributed by atoms with Crippen LogP contribution >= 0.6 is 12.2 Å². The molecule has 1 aromatic carbocycles. The summed E-state index contributed by atoms with van der Waals surface area (Å²) in [5, 5.41) is 0.870. The summed E-state index contributed by atoms with van der Waals surface area (Å²) in [6, 6.07) is 7.51. The van der Waals surface area contributed by atoms with Gasteiger partial charge < -0.3 is 14.1 Å². The lowest BCUT2D eigenvalue weighted by molar-refractivity contribution is 0.189. The summed E-state index contributed by atoms with van der Waals surface area (Å²) in [5.41, 5.74) is 1.46. The monoisotopic (exact) mass is 290 g/mol. The molecule has 2 heterocycles. The van der Waals surface area contributed by atoms with Crippen LogP contribution in [0, 0.1) is 4.77 Å². The standard InChI is InChI=1S/C14H14N2O3S/c1-18-8-4-7-16-13(17)12-11(15-14(16)20)9-5-2-3-6-10(9)19-12/h2-3,5-6H,4,7-8H2,1H3,(H,15,20). The van der Waals surface area contributed by atoms with E-state index in [0.717, 1.165) is 11.8 Å². The van der Waals surface area contributed by atoms with Crippen LogP contribution in [0.4, 0.5) is 0 Å². The zero-order valence-corrected chi connectivity index (χ0v) is 11.8. The van der Waals surface area contributed by atoms with E-state index in [0.29, 0.717) is 34.6 Å². The van der Waals surface area contributed by atoms with Crippen LogP contribution in [0.5, 0.6) is 0 Å². The Kier molecular flexibility index (Phi) is 3.42. The second-order valence-corrected chi connectivity index (χ2v) is 4.92. The van der Waals surface area contributed by atoms with E-state index in [1.54, 1.807) is 7.11 Å². The maximum atomic E-state index is 12.5. The molecule has 2 aromatic heterocycles. The highest BCUT2D eigenvalue weighted by molar-refractivity contribution is 7.71. The molecule has 0 aliphatic heterocycles. The third-order valence-corrected chi connectivity index (χ3v) is 3.56. The zero-order valence-electron chi connectivity index (χ0n) is 11.0. The molecule has 6 heteroatoms. The lowest BCUT2D eigenvalue weighted by Gasteiger charge is -2.05. The number of methoxy groups -OCH3 is 1. The molecule has 0 amide bonds. The highest BCUT2D eigenvalue weighted by atomic mass is 32.1. The number of aromatic nitrogens is 2. The van der Waals surface area contributed by atoms with Gasteiger partial charge >= 0.3 is 0 Å². The van der Waals surface area contributed by atoms with E-state index in [9.17, 15) is 4.79 Å². The molecule has 20 heavy (non-hydrogen) atoms. The van der Waals surface area contributed by atoms with Crippen LogP contribution in [0.25, 0.3) is 22.1 Å². The van der Waals surface area contributed by atoms with Crippen molar-refractivity contribution < 1.29 is 9.15 Å². The predicted octanol–water partition coefficient (Wildman–Crippen LogP) is 2.84. The number of hydrogen-bond donors (Lipinski definition) is 1. The second kappa shape index (κ2) is 5.22. The molecule has 0 aliphatic rings. The van der Waals surface area contributed by atoms with Gasteiger partial charge in [-0.3, -0.25) is 9.36 Å². The summed E-state index contributed by atoms with van der Waals surface area (Å²) in [4.78, 5) is 15.5. The largest absolute Gasteiger partial charge is 0.449 e. The van der Waals surface area contributed by atoms with Gasteiger partial charge in [-0.1, -0.05) is 12.1 Å². The van der Waals surface area contributed by atoms with Gasteiger partial charge in [0.1, 0.15) is 11.1 Å². The number of benzene rings is 1. The van der Waals surface area contributed by atoms with E-state index >= 15 is 0 Å². The van der Waals surface area contributed by atoms with Crippen molar-refractivity contribution in [1.29, 1.82) is 0 Å². The summed E-state index contributed by atoms with van der Waals surface area (Å²) >= 11 is 5.27. The first-order chi connectivity index (χ1) is 9.72. The first-order valence-corrected chi connectivity index (χ1v) is 6.76. The summed E-state index contributed by atoms with van der Waals surface area (Å²) < 4.78 is 12.6. The number of fused-ring (bicyclic) bond motifs is 3. The molecule has 3 aromatic rings. The third kappa shape index (κ3) is 2.07. The molecule has 0 radical (unpaired) electrons. The summed E-state index contributed by atoms with van der Waals surface area (Å²) in [5.74, 6) is 0. The van der Waals surface area contributed by atoms with Crippen LogP contribution in [0.2, 0.25) is 0 Å². The fraction of sp³-hybridized carbons (Fsp3) is 0.286. The second-order valence-electron chi connectivity index (χ2n) is 4.54. The average Bonchev–Trinajstić information content (AvgIpc) is 2.82. The third-order valence-electron chi connectivity index (χ3n) is 3.24. The minimum Gasteiger partial charge on any atom is -0.449 e. The number of H-pyrrole nitrogens is 1. The maximum absolute atomic E-state index is 12.5. The van der Waals surface area contributed by atoms with E-state index in [4.69, 9.17) is 21.4 Å². The van der Waals surface area contributed by atoms with E-state index in [1.165, 1.54) is 4.57 Å². The van der Waals surface area contributed by atoms with Gasteiger partial charge in [0.15, 0.2) is 4.77 Å². The van der Waals surface area contributed by atoms with Crippen molar-refractivity contribution in [3.8, 4) is 0 Å². The molecule has 0 aliphatic carbocycles. The van der Waals surface area contributed by atoms with Gasteiger partial charge in [0.05, 0.1) is 0 Å². The molecule has 0 saturated heterocycles. The van der Waals surface area contributed by atoms with Gasteiger partial charge in [0.25, 0.3) is 5.56 Å². The minimum atomic E-state index is -0.198. The number of para-hydroxylation sites is 1. The van der Waals surface area contributed by atoms with Crippen molar-refractivity contribution >= 4 is 34.3 Å². The lowest BCUT2D eigenvalue weighted by Crippen LogP contribution is -2.22. The van der Waals surface area contributed by atoms with Crippen molar-refractivity contribution in [2.75, 3.05) is 13.7 Å². The summed E-state index contributed by atoms with van der Waals surface area (Å²) in [6.07, 6.45) is 0.722. The molecule has 0 spiro atoms. The fourth-order valence-electron chi connectivity index (χ4n) is 2.28. The normalized spacial score (nSPS) is 11.4. The zero-order chi connectivity index (χ0) is 14.1. The maximum Gasteiger partial charge on any atom is 0.297 e. The number of rotatable bonds is 4. The smallest absolute Gasteiger partial charge is 0.297 e. The van der Waals surface area contributed by atoms with Gasteiger partial charge in [-0.05, 0) is 30.8 Å². The Hall–Kier alpha value is -1.92. The Morgan fingerprint density at radius 2 is 2.20 bits per heavy atom. The number of nitrogens with zero attached hydrogens (tertiary/aromatic N) is 1. The predicted molar refractivity (Wildman–Crippen MR) is 79.7 cm³/mol. The number of aromatic amines is 1. The highest BCUT2D eigenvalue weighted by Crippen LogP contribution is 2.24. The van der Waals surface area contributed by atoms with Crippen LogP contribution in [-0.2, 0) is 11.3 Å². The molecular formula is C14H14N2O3S. The van der Waals surface area contributed by atoms with E-state index < -0.39 is 0 Å². The molecule has 104 valence electrons. The Morgan fingerprint density at radius 1 is 1.40 bits per heavy atom. The SMILES string of the molecule is COCCCn1c(=S)[nH]c2c(oc3ccccc32)c1=O. The average molecular weight is 290 g/mol. The first kappa shape index (κ1) is 13.1. The summed E-state index contributed by atoms with van der Waals surface area (Å²) in [6.45, 7) is 1.09. The molecule has 0 saturated carbocycles. The highest BCUT2D eigenvalue weighted by Gasteiger charge is 2.13. The Morgan fingerprint density at radius 3 is 3.00 bits per heavy atom. The lowest BCUT2D eigenvalue weighted by atomic mass is 10.2. The van der Waals surface area contributed by atoms with Gasteiger partial charge in [0.2, 0.25) is 5.58 Å². The number of nitrogens with one attached hydrogen (secondary N) is 1. The van der Waals surface area contributed by atoms with E-state index in [1.807, 2.05) is 24.3 Å². The number of ether oxygens (including phenoxy) is 1. The quantitative estimate of drug-likeness (QED) is 0.593. The Bertz CT molecular complexity index is 875. The Labute approximate surface area is 119 Å². The first-order valence-electron chi connectivity index (χ1n) is 6.35. The van der Waals surface area contributed by atoms with Crippen molar-refractivity contribution in [1.82, 2.24) is 9.55 Å². The molecule has 0 fully saturated rings. The van der Waals surface area contributed by atoms with Crippen LogP contribution in [0.1, 0.15) is 6.42 Å². The summed E-state index contributed by atoms with van der Waals surface area (Å²) in [7, 11) is 1.63. The minimum absolute atomic E-state index is 0.198. The van der Waals surface area contributed by atoms with Crippen molar-refractivity contribution in [3.63, 3.8) is 0 Å². The van der Waals surface area contributed by atoms with Crippen molar-refractivity contribution in [2.24, 2.45) is 0 Å². The fourth-order valence-corrected chi connectivity index (χ4v) is 2.56. The van der Waals surface area contributed by atoms with Crippen molar-refractivity contribution in [2.45, 2.75) is 13.0 Å². The van der Waals surface area contributed by atoms with Crippen LogP contribution < -0.4 is 5.56 Å². The van der Waals surface area contributed by atoms with Crippen LogP contribution in [0.3, 0.4) is 0 Å². The van der Waals surface area contributed by atoms with Crippen molar-refractivity contribution in [3.05, 3.63) is 39.4 Å². The molecular weight excluding hydrogens is 276 g/mol. The molecule has 0 unspecified atom stereocenters. The van der Waals surface area contributed by atoms with E-state index in [2.05, 4.69) is 4.98 Å². The number of hydrogen-bond acceptors (Lipinski definition) is 4. The van der Waals surface area contributed by atoms with Crippen LogP contribution in [0.15, 0.2) is 33.5 Å². The number of furan rings is 1. The molecule has 1 N–H and O–H groups in total. The van der Waals surface area contributed by atoms with Gasteiger partial charge in [-0.25, -0.2) is 0 Å². The topological polar surface area (TPSA) is 60.2 Å². The van der Waals surface area contributed by atoms with E-state index in [-0.39, 0.29) is 5.56 Å². The molecule has 5 nitrogen and oxygen atoms in total. The van der Waals surface area contributed by atoms with Gasteiger partial charge in [0, 0.05) is 25.6 Å². The molecule has 0 atom stereocenters.